The fourth-order valence-corrected chi connectivity index (χ4v) is 3.46. The second-order valence-corrected chi connectivity index (χ2v) is 6.81. The number of aryl methyl sites for hydroxylation is 1. The van der Waals surface area contributed by atoms with Gasteiger partial charge in [0.25, 0.3) is 10.0 Å². The minimum atomic E-state index is -3.95. The van der Waals surface area contributed by atoms with Crippen LogP contribution in [0.5, 0.6) is 0 Å². The van der Waals surface area contributed by atoms with Crippen molar-refractivity contribution in [2.75, 3.05) is 4.72 Å². The molecule has 0 atom stereocenters. The summed E-state index contributed by atoms with van der Waals surface area (Å²) in [5, 5.41) is 0.625. The van der Waals surface area contributed by atoms with Gasteiger partial charge in [-0.05, 0) is 36.8 Å². The van der Waals surface area contributed by atoms with Gasteiger partial charge >= 0.3 is 0 Å². The molecule has 0 saturated heterocycles. The van der Waals surface area contributed by atoms with Gasteiger partial charge in [-0.3, -0.25) is 4.72 Å². The number of H-pyrrole nitrogens is 1. The van der Waals surface area contributed by atoms with Crippen molar-refractivity contribution in [3.8, 4) is 0 Å². The van der Waals surface area contributed by atoms with Crippen LogP contribution in [0, 0.1) is 12.7 Å². The number of anilines is 1. The number of nitrogens with one attached hydrogen (secondary N) is 2. The van der Waals surface area contributed by atoms with Crippen molar-refractivity contribution < 1.29 is 12.8 Å². The normalized spacial score (nSPS) is 11.8. The Morgan fingerprint density at radius 1 is 1.27 bits per heavy atom. The first-order valence-corrected chi connectivity index (χ1v) is 8.15. The van der Waals surface area contributed by atoms with Crippen LogP contribution in [-0.2, 0) is 10.0 Å². The van der Waals surface area contributed by atoms with Crippen LogP contribution in [0.3, 0.4) is 0 Å². The van der Waals surface area contributed by atoms with Gasteiger partial charge in [0.2, 0.25) is 0 Å². The molecule has 0 bridgehead atoms. The van der Waals surface area contributed by atoms with Gasteiger partial charge in [0.1, 0.15) is 21.5 Å². The Morgan fingerprint density at radius 2 is 2.05 bits per heavy atom. The lowest BCUT2D eigenvalue weighted by Crippen LogP contribution is -2.13. The minimum Gasteiger partial charge on any atom is -0.345 e. The van der Waals surface area contributed by atoms with Gasteiger partial charge in [0.05, 0.1) is 5.69 Å². The fourth-order valence-electron chi connectivity index (χ4n) is 2.08. The predicted octanol–water partition coefficient (Wildman–Crippen LogP) is 3.46. The van der Waals surface area contributed by atoms with Gasteiger partial charge in [0, 0.05) is 11.6 Å². The zero-order chi connectivity index (χ0) is 15.9. The summed E-state index contributed by atoms with van der Waals surface area (Å²) in [6.07, 6.45) is 1.29. The van der Waals surface area contributed by atoms with Crippen LogP contribution < -0.4 is 4.72 Å². The summed E-state index contributed by atoms with van der Waals surface area (Å²) in [4.78, 5) is 6.70. The first-order valence-electron chi connectivity index (χ1n) is 6.29. The number of fused-ring (bicyclic) bond motifs is 1. The van der Waals surface area contributed by atoms with Crippen LogP contribution in [0.4, 0.5) is 10.1 Å². The molecule has 0 aliphatic carbocycles. The number of halogens is 2. The Bertz CT molecular complexity index is 969. The summed E-state index contributed by atoms with van der Waals surface area (Å²) in [6.45, 7) is 1.72. The van der Waals surface area contributed by atoms with Crippen LogP contribution in [0.1, 0.15) is 5.56 Å². The molecule has 0 aliphatic heterocycles. The van der Waals surface area contributed by atoms with Gasteiger partial charge in [-0.25, -0.2) is 17.8 Å². The van der Waals surface area contributed by atoms with Crippen molar-refractivity contribution in [2.45, 2.75) is 11.8 Å². The highest BCUT2D eigenvalue weighted by Gasteiger charge is 2.21. The average Bonchev–Trinajstić information content (AvgIpc) is 2.85. The zero-order valence-corrected chi connectivity index (χ0v) is 13.0. The molecule has 0 saturated carbocycles. The lowest BCUT2D eigenvalue weighted by Gasteiger charge is -2.08. The van der Waals surface area contributed by atoms with Crippen LogP contribution in [0.15, 0.2) is 41.4 Å². The number of hydrogen-bond donors (Lipinski definition) is 2. The van der Waals surface area contributed by atoms with E-state index in [9.17, 15) is 12.8 Å². The van der Waals surface area contributed by atoms with E-state index in [-0.39, 0.29) is 15.7 Å². The summed E-state index contributed by atoms with van der Waals surface area (Å²) in [7, 11) is -3.95. The summed E-state index contributed by atoms with van der Waals surface area (Å²) in [5.41, 5.74) is 0.936. The third-order valence-corrected chi connectivity index (χ3v) is 4.74. The number of aromatic amines is 1. The first kappa shape index (κ1) is 14.8. The Hall–Kier alpha value is -2.12. The predicted molar refractivity (Wildman–Crippen MR) is 83.0 cm³/mol. The lowest BCUT2D eigenvalue weighted by molar-refractivity contribution is 0.599. The van der Waals surface area contributed by atoms with Crippen molar-refractivity contribution >= 4 is 38.3 Å². The molecule has 8 heteroatoms. The highest BCUT2D eigenvalue weighted by Crippen LogP contribution is 2.26. The van der Waals surface area contributed by atoms with Crippen LogP contribution in [0.2, 0.25) is 5.15 Å². The van der Waals surface area contributed by atoms with E-state index in [0.29, 0.717) is 16.6 Å². The van der Waals surface area contributed by atoms with Crippen molar-refractivity contribution in [3.63, 3.8) is 0 Å². The molecule has 114 valence electrons. The third kappa shape index (κ3) is 2.65. The number of hydrogen-bond acceptors (Lipinski definition) is 3. The molecular weight excluding hydrogens is 329 g/mol. The molecule has 5 nitrogen and oxygen atoms in total. The molecule has 0 radical (unpaired) electrons. The smallest absolute Gasteiger partial charge is 0.264 e. The number of rotatable bonds is 3. The second kappa shape index (κ2) is 5.26. The van der Waals surface area contributed by atoms with E-state index in [0.717, 1.165) is 0 Å². The van der Waals surface area contributed by atoms with Crippen molar-refractivity contribution in [1.29, 1.82) is 0 Å². The van der Waals surface area contributed by atoms with Gasteiger partial charge < -0.3 is 4.98 Å². The summed E-state index contributed by atoms with van der Waals surface area (Å²) in [5.74, 6) is -0.635. The third-order valence-electron chi connectivity index (χ3n) is 3.13. The molecule has 0 fully saturated rings. The van der Waals surface area contributed by atoms with E-state index in [1.165, 1.54) is 24.4 Å². The topological polar surface area (TPSA) is 74.8 Å². The van der Waals surface area contributed by atoms with E-state index in [4.69, 9.17) is 11.6 Å². The maximum atomic E-state index is 13.8. The average molecular weight is 340 g/mol. The van der Waals surface area contributed by atoms with Gasteiger partial charge in [0.15, 0.2) is 0 Å². The molecular formula is C14H11ClFN3O2S. The van der Waals surface area contributed by atoms with Crippen molar-refractivity contribution in [1.82, 2.24) is 9.97 Å². The minimum absolute atomic E-state index is 0.0216. The summed E-state index contributed by atoms with van der Waals surface area (Å²) >= 11 is 5.76. The van der Waals surface area contributed by atoms with Gasteiger partial charge in [-0.1, -0.05) is 17.7 Å². The molecule has 3 rings (SSSR count). The zero-order valence-electron chi connectivity index (χ0n) is 11.4. The molecule has 0 amide bonds. The molecule has 0 spiro atoms. The van der Waals surface area contributed by atoms with E-state index in [2.05, 4.69) is 14.7 Å². The van der Waals surface area contributed by atoms with Crippen LogP contribution in [-0.4, -0.2) is 18.4 Å². The van der Waals surface area contributed by atoms with Crippen molar-refractivity contribution in [3.05, 3.63) is 53.1 Å². The molecule has 0 aliphatic rings. The fraction of sp³-hybridized carbons (Fsp3) is 0.0714. The molecule has 0 unspecified atom stereocenters. The second-order valence-electron chi connectivity index (χ2n) is 4.77. The molecule has 22 heavy (non-hydrogen) atoms. The molecule has 1 aromatic carbocycles. The van der Waals surface area contributed by atoms with E-state index >= 15 is 0 Å². The molecule has 2 aromatic heterocycles. The molecule has 2 heterocycles. The number of nitrogens with zero attached hydrogens (tertiary/aromatic N) is 1. The van der Waals surface area contributed by atoms with Crippen LogP contribution >= 0.6 is 11.6 Å². The van der Waals surface area contributed by atoms with Gasteiger partial charge in [-0.15, -0.1) is 0 Å². The number of aromatic nitrogens is 2. The Morgan fingerprint density at radius 3 is 2.77 bits per heavy atom. The summed E-state index contributed by atoms with van der Waals surface area (Å²) < 4.78 is 40.9. The SMILES string of the molecule is Cc1ccc(NS(=O)(=O)c2c[nH]c3nc(Cl)ccc23)c(F)c1. The monoisotopic (exact) mass is 339 g/mol. The Kier molecular flexibility index (Phi) is 3.54. The maximum absolute atomic E-state index is 13.8. The highest BCUT2D eigenvalue weighted by atomic mass is 35.5. The Labute approximate surface area is 131 Å². The molecule has 3 aromatic rings. The van der Waals surface area contributed by atoms with Crippen LogP contribution in [0.25, 0.3) is 11.0 Å². The Balaban J connectivity index is 2.05. The van der Waals surface area contributed by atoms with Gasteiger partial charge in [-0.2, -0.15) is 0 Å². The quantitative estimate of drug-likeness (QED) is 0.717. The maximum Gasteiger partial charge on any atom is 0.264 e. The highest BCUT2D eigenvalue weighted by molar-refractivity contribution is 7.93. The van der Waals surface area contributed by atoms with E-state index in [1.54, 1.807) is 19.1 Å². The largest absolute Gasteiger partial charge is 0.345 e. The molecule has 2 N–H and O–H groups in total. The standard InChI is InChI=1S/C14H11ClFN3O2S/c1-8-2-4-11(10(16)6-8)19-22(20,21)12-7-17-14-9(12)3-5-13(15)18-14/h2-7,19H,1H3,(H,17,18). The number of sulfonamides is 1. The van der Waals surface area contributed by atoms with E-state index < -0.39 is 15.8 Å². The lowest BCUT2D eigenvalue weighted by atomic mass is 10.2. The number of benzene rings is 1. The van der Waals surface area contributed by atoms with Crippen molar-refractivity contribution in [2.24, 2.45) is 0 Å². The summed E-state index contributed by atoms with van der Waals surface area (Å²) in [6, 6.07) is 7.29. The van der Waals surface area contributed by atoms with E-state index in [1.807, 2.05) is 0 Å². The number of pyridine rings is 1. The first-order chi connectivity index (χ1) is 10.4.